The van der Waals surface area contributed by atoms with Crippen LogP contribution in [0.3, 0.4) is 0 Å². The third kappa shape index (κ3) is 3.58. The van der Waals surface area contributed by atoms with Crippen molar-refractivity contribution in [1.82, 2.24) is 0 Å². The number of aliphatic hydroxyl groups excluding tert-OH is 1. The van der Waals surface area contributed by atoms with Gasteiger partial charge >= 0.3 is 0 Å². The molecule has 3 fully saturated rings. The molecule has 0 saturated heterocycles. The van der Waals surface area contributed by atoms with Crippen molar-refractivity contribution in [1.29, 1.82) is 0 Å². The van der Waals surface area contributed by atoms with Crippen molar-refractivity contribution in [3.63, 3.8) is 0 Å². The highest BCUT2D eigenvalue weighted by Crippen LogP contribution is 2.66. The van der Waals surface area contributed by atoms with Crippen LogP contribution in [0, 0.1) is 46.3 Å². The first-order valence-electron chi connectivity index (χ1n) is 12.7. The lowest BCUT2D eigenvalue weighted by Gasteiger charge is -2.60. The van der Waals surface area contributed by atoms with Gasteiger partial charge in [0.05, 0.1) is 6.10 Å². The minimum atomic E-state index is -0.0285. The Labute approximate surface area is 180 Å². The second kappa shape index (κ2) is 7.85. The van der Waals surface area contributed by atoms with E-state index < -0.39 is 0 Å². The van der Waals surface area contributed by atoms with Crippen LogP contribution in [-0.4, -0.2) is 11.2 Å². The molecule has 4 rings (SSSR count). The molecule has 0 bridgehead atoms. The molecule has 0 spiro atoms. The topological polar surface area (TPSA) is 20.2 Å². The van der Waals surface area contributed by atoms with Crippen LogP contribution < -0.4 is 0 Å². The smallest absolute Gasteiger partial charge is 0.0543 e. The van der Waals surface area contributed by atoms with Gasteiger partial charge in [0.15, 0.2) is 0 Å². The molecule has 1 nitrogen and oxygen atoms in total. The molecule has 0 heterocycles. The molecule has 164 valence electrons. The molecular formula is C28H46O. The first kappa shape index (κ1) is 21.7. The van der Waals surface area contributed by atoms with E-state index in [1.165, 1.54) is 44.9 Å². The third-order valence-corrected chi connectivity index (χ3v) is 10.6. The van der Waals surface area contributed by atoms with E-state index in [-0.39, 0.29) is 6.10 Å². The third-order valence-electron chi connectivity index (χ3n) is 10.6. The van der Waals surface area contributed by atoms with E-state index in [4.69, 9.17) is 0 Å². The summed E-state index contributed by atoms with van der Waals surface area (Å²) in [5, 5.41) is 10.3. The Kier molecular flexibility index (Phi) is 5.86. The quantitative estimate of drug-likeness (QED) is 0.518. The Morgan fingerprint density at radius 2 is 1.86 bits per heavy atom. The van der Waals surface area contributed by atoms with Crippen molar-refractivity contribution in [3.8, 4) is 0 Å². The summed E-state index contributed by atoms with van der Waals surface area (Å²) in [6, 6.07) is 0. The van der Waals surface area contributed by atoms with Gasteiger partial charge in [0.2, 0.25) is 0 Å². The highest BCUT2D eigenvalue weighted by Gasteiger charge is 2.58. The van der Waals surface area contributed by atoms with Crippen molar-refractivity contribution in [3.05, 3.63) is 23.3 Å². The van der Waals surface area contributed by atoms with Crippen LogP contribution in [0.25, 0.3) is 0 Å². The second-order valence-electron chi connectivity index (χ2n) is 12.2. The zero-order chi connectivity index (χ0) is 21.0. The number of hydrogen-bond donors (Lipinski definition) is 1. The number of hydrogen-bond acceptors (Lipinski definition) is 1. The van der Waals surface area contributed by atoms with E-state index >= 15 is 0 Å². The van der Waals surface area contributed by atoms with Gasteiger partial charge in [0.25, 0.3) is 0 Å². The van der Waals surface area contributed by atoms with Crippen LogP contribution in [0.1, 0.15) is 99.3 Å². The number of allylic oxidation sites excluding steroid dienone is 4. The summed E-state index contributed by atoms with van der Waals surface area (Å²) >= 11 is 0. The molecule has 0 aromatic rings. The molecule has 1 heteroatoms. The highest BCUT2D eigenvalue weighted by molar-refractivity contribution is 5.40. The van der Waals surface area contributed by atoms with Crippen molar-refractivity contribution >= 4 is 0 Å². The molecule has 0 amide bonds. The summed E-state index contributed by atoms with van der Waals surface area (Å²) < 4.78 is 0. The molecular weight excluding hydrogens is 352 g/mol. The molecule has 0 aliphatic heterocycles. The van der Waals surface area contributed by atoms with Crippen LogP contribution in [0.15, 0.2) is 23.3 Å². The lowest BCUT2D eigenvalue weighted by atomic mass is 9.44. The van der Waals surface area contributed by atoms with E-state index in [1.807, 2.05) is 0 Å². The maximum Gasteiger partial charge on any atom is 0.0543 e. The first-order valence-corrected chi connectivity index (χ1v) is 12.7. The number of fused-ring (bicyclic) bond motifs is 5. The summed E-state index contributed by atoms with van der Waals surface area (Å²) in [6.07, 6.45) is 16.6. The van der Waals surface area contributed by atoms with Crippen LogP contribution in [0.2, 0.25) is 0 Å². The van der Waals surface area contributed by atoms with E-state index in [1.54, 1.807) is 11.1 Å². The largest absolute Gasteiger partial charge is 0.393 e. The van der Waals surface area contributed by atoms with Gasteiger partial charge in [-0.3, -0.25) is 0 Å². The molecule has 29 heavy (non-hydrogen) atoms. The first-order chi connectivity index (χ1) is 13.7. The van der Waals surface area contributed by atoms with E-state index in [0.29, 0.717) is 10.8 Å². The van der Waals surface area contributed by atoms with Gasteiger partial charge in [0, 0.05) is 0 Å². The Hall–Kier alpha value is -0.560. The summed E-state index contributed by atoms with van der Waals surface area (Å²) in [5.74, 6) is 4.95. The maximum absolute atomic E-state index is 10.3. The zero-order valence-electron chi connectivity index (χ0n) is 20.0. The van der Waals surface area contributed by atoms with Crippen LogP contribution in [0.4, 0.5) is 0 Å². The molecule has 4 aliphatic carbocycles. The summed E-state index contributed by atoms with van der Waals surface area (Å²) in [6.45, 7) is 14.7. The van der Waals surface area contributed by atoms with Crippen molar-refractivity contribution < 1.29 is 5.11 Å². The zero-order valence-corrected chi connectivity index (χ0v) is 20.0. The molecule has 4 aliphatic rings. The predicted octanol–water partition coefficient (Wildman–Crippen LogP) is 7.55. The molecule has 0 aromatic carbocycles. The fraction of sp³-hybridized carbons (Fsp3) is 0.857. The Morgan fingerprint density at radius 1 is 1.10 bits per heavy atom. The van der Waals surface area contributed by atoms with Gasteiger partial charge in [-0.05, 0) is 117 Å². The highest BCUT2D eigenvalue weighted by atomic mass is 16.3. The Morgan fingerprint density at radius 3 is 2.59 bits per heavy atom. The normalized spacial score (nSPS) is 46.0. The monoisotopic (exact) mass is 398 g/mol. The van der Waals surface area contributed by atoms with E-state index in [0.717, 1.165) is 48.3 Å². The predicted molar refractivity (Wildman–Crippen MR) is 124 cm³/mol. The van der Waals surface area contributed by atoms with Crippen LogP contribution in [0.5, 0.6) is 0 Å². The standard InChI is InChI=1S/C28H46O/c1-18(2)19(3)7-8-20(4)24-11-12-25-23-10-9-21-17-22(29)13-15-27(21,5)26(23)14-16-28(24,25)6/h8,11,18-19,21-23,25-26,29H,7,9-10,12-17H2,1-6H3/b20-8-/t19?,21?,22-,23?,25?,26?,27?,28?/m0/s1. The number of aliphatic hydroxyl groups is 1. The SMILES string of the molecule is C/C(=C/CC(C)C(C)C)C1=CCC2C3CCC4C[C@@H](O)CCC4(C)C3CCC12C. The van der Waals surface area contributed by atoms with Gasteiger partial charge in [-0.1, -0.05) is 52.3 Å². The molecule has 1 N–H and O–H groups in total. The Balaban J connectivity index is 1.52. The summed E-state index contributed by atoms with van der Waals surface area (Å²) in [5.41, 5.74) is 4.16. The van der Waals surface area contributed by atoms with Gasteiger partial charge in [-0.25, -0.2) is 0 Å². The lowest BCUT2D eigenvalue weighted by molar-refractivity contribution is -0.117. The second-order valence-corrected chi connectivity index (χ2v) is 12.2. The van der Waals surface area contributed by atoms with Gasteiger partial charge in [-0.2, -0.15) is 0 Å². The molecule has 3 saturated carbocycles. The maximum atomic E-state index is 10.3. The molecule has 7 unspecified atom stereocenters. The lowest BCUT2D eigenvalue weighted by Crippen LogP contribution is -2.53. The average Bonchev–Trinajstić information content (AvgIpc) is 3.03. The van der Waals surface area contributed by atoms with Crippen molar-refractivity contribution in [2.45, 2.75) is 105 Å². The van der Waals surface area contributed by atoms with Gasteiger partial charge in [0.1, 0.15) is 0 Å². The molecule has 0 radical (unpaired) electrons. The van der Waals surface area contributed by atoms with Gasteiger partial charge in [-0.15, -0.1) is 0 Å². The van der Waals surface area contributed by atoms with Crippen LogP contribution in [-0.2, 0) is 0 Å². The van der Waals surface area contributed by atoms with E-state index in [9.17, 15) is 5.11 Å². The fourth-order valence-corrected chi connectivity index (χ4v) is 8.16. The van der Waals surface area contributed by atoms with Crippen LogP contribution >= 0.6 is 0 Å². The van der Waals surface area contributed by atoms with Gasteiger partial charge < -0.3 is 5.11 Å². The van der Waals surface area contributed by atoms with E-state index in [2.05, 4.69) is 53.7 Å². The minimum absolute atomic E-state index is 0.0285. The average molecular weight is 399 g/mol. The molecule has 8 atom stereocenters. The summed E-state index contributed by atoms with van der Waals surface area (Å²) in [7, 11) is 0. The van der Waals surface area contributed by atoms with Crippen molar-refractivity contribution in [2.24, 2.45) is 46.3 Å². The summed E-state index contributed by atoms with van der Waals surface area (Å²) in [4.78, 5) is 0. The number of rotatable bonds is 4. The minimum Gasteiger partial charge on any atom is -0.393 e. The van der Waals surface area contributed by atoms with Crippen molar-refractivity contribution in [2.75, 3.05) is 0 Å². The fourth-order valence-electron chi connectivity index (χ4n) is 8.16. The Bertz CT molecular complexity index is 672. The molecule has 0 aromatic heterocycles.